The van der Waals surface area contributed by atoms with Gasteiger partial charge in [0.2, 0.25) is 0 Å². The first kappa shape index (κ1) is 19.7. The number of hydrogen-bond acceptors (Lipinski definition) is 8. The molecule has 2 rings (SSSR count). The molecule has 0 amide bonds. The number of carbonyl (C=O) groups is 1. The Hall–Kier alpha value is -1.59. The van der Waals surface area contributed by atoms with Gasteiger partial charge in [0.05, 0.1) is 6.61 Å². The van der Waals surface area contributed by atoms with Gasteiger partial charge in [-0.1, -0.05) is 6.08 Å². The first-order chi connectivity index (χ1) is 11.7. The van der Waals surface area contributed by atoms with E-state index in [0.717, 1.165) is 6.08 Å². The second kappa shape index (κ2) is 7.75. The largest absolute Gasteiger partial charge is 0.478 e. The third-order valence-electron chi connectivity index (χ3n) is 4.36. The molecule has 9 heteroatoms. The van der Waals surface area contributed by atoms with Crippen molar-refractivity contribution in [1.29, 1.82) is 0 Å². The molecular formula is C16H22O9. The zero-order chi connectivity index (χ0) is 18.8. The number of aliphatic hydroxyl groups is 5. The van der Waals surface area contributed by atoms with E-state index in [1.54, 1.807) is 0 Å². The van der Waals surface area contributed by atoms with Crippen molar-refractivity contribution in [2.45, 2.75) is 42.2 Å². The molecule has 1 fully saturated rings. The van der Waals surface area contributed by atoms with Crippen LogP contribution >= 0.6 is 0 Å². The molecule has 0 bridgehead atoms. The van der Waals surface area contributed by atoms with Crippen LogP contribution in [0.25, 0.3) is 0 Å². The standard InChI is InChI=1S/C16H22O9/c1-24-10-6-8(2-3-11(18)19)4-5-16(10,23)15-14(22)13(21)12(20)9(7-17)25-15/h2-6,9-10,12-15,17,20-23H,7H2,1H3,(H,18,19)/b3-2+/t9-,10?,12-,13+,14-,15?,16?/m1/s1. The van der Waals surface area contributed by atoms with Gasteiger partial charge in [-0.15, -0.1) is 0 Å². The molecule has 0 spiro atoms. The molecule has 1 aliphatic carbocycles. The van der Waals surface area contributed by atoms with Crippen LogP contribution in [-0.2, 0) is 14.3 Å². The van der Waals surface area contributed by atoms with Crippen LogP contribution in [0.3, 0.4) is 0 Å². The number of allylic oxidation sites excluding steroid dienone is 3. The van der Waals surface area contributed by atoms with Gasteiger partial charge in [0.25, 0.3) is 0 Å². The number of carboxylic acids is 1. The number of hydrogen-bond donors (Lipinski definition) is 6. The molecule has 1 aliphatic heterocycles. The molecule has 1 heterocycles. The summed E-state index contributed by atoms with van der Waals surface area (Å²) in [5.74, 6) is -1.14. The van der Waals surface area contributed by atoms with Crippen LogP contribution in [-0.4, -0.2) is 92.5 Å². The molecule has 1 saturated heterocycles. The van der Waals surface area contributed by atoms with Gasteiger partial charge in [-0.25, -0.2) is 4.79 Å². The smallest absolute Gasteiger partial charge is 0.328 e. The Morgan fingerprint density at radius 3 is 2.56 bits per heavy atom. The van der Waals surface area contributed by atoms with Crippen LogP contribution in [0.15, 0.2) is 36.0 Å². The molecule has 6 N–H and O–H groups in total. The Morgan fingerprint density at radius 1 is 1.32 bits per heavy atom. The minimum atomic E-state index is -1.91. The molecule has 0 aromatic heterocycles. The van der Waals surface area contributed by atoms with E-state index >= 15 is 0 Å². The molecule has 9 nitrogen and oxygen atoms in total. The van der Waals surface area contributed by atoms with Gasteiger partial charge in [0, 0.05) is 13.2 Å². The van der Waals surface area contributed by atoms with E-state index in [4.69, 9.17) is 14.6 Å². The van der Waals surface area contributed by atoms with Crippen LogP contribution in [0.2, 0.25) is 0 Å². The van der Waals surface area contributed by atoms with Gasteiger partial charge in [0.1, 0.15) is 42.2 Å². The number of aliphatic hydroxyl groups excluding tert-OH is 4. The highest BCUT2D eigenvalue weighted by atomic mass is 16.6. The lowest BCUT2D eigenvalue weighted by Crippen LogP contribution is -2.67. The minimum Gasteiger partial charge on any atom is -0.478 e. The van der Waals surface area contributed by atoms with Crippen LogP contribution in [0.5, 0.6) is 0 Å². The Labute approximate surface area is 143 Å². The minimum absolute atomic E-state index is 0.448. The summed E-state index contributed by atoms with van der Waals surface area (Å²) in [6.07, 6.45) is -2.10. The number of aliphatic carboxylic acids is 1. The number of methoxy groups -OCH3 is 1. The summed E-state index contributed by atoms with van der Waals surface area (Å²) in [5.41, 5.74) is -1.47. The van der Waals surface area contributed by atoms with Gasteiger partial charge in [-0.3, -0.25) is 0 Å². The lowest BCUT2D eigenvalue weighted by atomic mass is 9.78. The summed E-state index contributed by atoms with van der Waals surface area (Å²) in [6, 6.07) is 0. The zero-order valence-corrected chi connectivity index (χ0v) is 13.5. The van der Waals surface area contributed by atoms with E-state index in [1.165, 1.54) is 31.4 Å². The maximum absolute atomic E-state index is 11.0. The van der Waals surface area contributed by atoms with Crippen molar-refractivity contribution in [3.8, 4) is 0 Å². The van der Waals surface area contributed by atoms with Crippen molar-refractivity contribution in [3.63, 3.8) is 0 Å². The zero-order valence-electron chi connectivity index (χ0n) is 13.5. The van der Waals surface area contributed by atoms with Crippen molar-refractivity contribution >= 4 is 5.97 Å². The fourth-order valence-electron chi connectivity index (χ4n) is 2.96. The Morgan fingerprint density at radius 2 is 2.00 bits per heavy atom. The van der Waals surface area contributed by atoms with Crippen molar-refractivity contribution in [1.82, 2.24) is 0 Å². The lowest BCUT2D eigenvalue weighted by Gasteiger charge is -2.48. The van der Waals surface area contributed by atoms with Crippen LogP contribution in [0, 0.1) is 0 Å². The van der Waals surface area contributed by atoms with Gasteiger partial charge in [0.15, 0.2) is 0 Å². The predicted molar refractivity (Wildman–Crippen MR) is 83.5 cm³/mol. The summed E-state index contributed by atoms with van der Waals surface area (Å²) in [4.78, 5) is 10.6. The summed E-state index contributed by atoms with van der Waals surface area (Å²) >= 11 is 0. The Kier molecular flexibility index (Phi) is 6.12. The molecular weight excluding hydrogens is 336 g/mol. The summed E-state index contributed by atoms with van der Waals surface area (Å²) in [7, 11) is 1.30. The normalized spacial score (nSPS) is 41.8. The molecule has 25 heavy (non-hydrogen) atoms. The highest BCUT2D eigenvalue weighted by molar-refractivity contribution is 5.80. The lowest BCUT2D eigenvalue weighted by molar-refractivity contribution is -0.272. The topological polar surface area (TPSA) is 157 Å². The van der Waals surface area contributed by atoms with Crippen LogP contribution < -0.4 is 0 Å². The second-order valence-corrected chi connectivity index (χ2v) is 5.96. The van der Waals surface area contributed by atoms with Crippen molar-refractivity contribution in [2.75, 3.05) is 13.7 Å². The van der Waals surface area contributed by atoms with Crippen LogP contribution in [0.1, 0.15) is 0 Å². The van der Waals surface area contributed by atoms with E-state index in [-0.39, 0.29) is 0 Å². The molecule has 2 aliphatic rings. The maximum atomic E-state index is 11.0. The quantitative estimate of drug-likeness (QED) is 0.298. The summed E-state index contributed by atoms with van der Waals surface area (Å²) < 4.78 is 10.6. The average molecular weight is 358 g/mol. The van der Waals surface area contributed by atoms with Crippen molar-refractivity contribution in [2.24, 2.45) is 0 Å². The van der Waals surface area contributed by atoms with Gasteiger partial charge in [-0.2, -0.15) is 0 Å². The van der Waals surface area contributed by atoms with E-state index in [9.17, 15) is 30.3 Å². The number of carboxylic acid groups (broad SMARTS) is 1. The molecule has 7 atom stereocenters. The summed E-state index contributed by atoms with van der Waals surface area (Å²) in [6.45, 7) is -0.624. The highest BCUT2D eigenvalue weighted by Crippen LogP contribution is 2.35. The number of ether oxygens (including phenoxy) is 2. The Bertz CT molecular complexity index is 582. The van der Waals surface area contributed by atoms with Gasteiger partial charge in [-0.05, 0) is 23.8 Å². The third-order valence-corrected chi connectivity index (χ3v) is 4.36. The van der Waals surface area contributed by atoms with Gasteiger partial charge < -0.3 is 40.1 Å². The second-order valence-electron chi connectivity index (χ2n) is 5.96. The Balaban J connectivity index is 2.30. The van der Waals surface area contributed by atoms with Crippen LogP contribution in [0.4, 0.5) is 0 Å². The average Bonchev–Trinajstić information content (AvgIpc) is 2.59. The van der Waals surface area contributed by atoms with E-state index in [0.29, 0.717) is 5.57 Å². The fraction of sp³-hybridized carbons (Fsp3) is 0.562. The molecule has 0 aromatic rings. The fourth-order valence-corrected chi connectivity index (χ4v) is 2.96. The monoisotopic (exact) mass is 358 g/mol. The van der Waals surface area contributed by atoms with E-state index in [2.05, 4.69) is 0 Å². The highest BCUT2D eigenvalue weighted by Gasteiger charge is 2.54. The molecule has 3 unspecified atom stereocenters. The predicted octanol–water partition coefficient (Wildman–Crippen LogP) is -2.29. The first-order valence-corrected chi connectivity index (χ1v) is 7.62. The SMILES string of the molecule is COC1C=C(/C=C/C(=O)O)C=CC1(O)C1O[C@H](CO)[C@@H](O)[C@H](O)[C@H]1O. The first-order valence-electron chi connectivity index (χ1n) is 7.62. The molecule has 0 radical (unpaired) electrons. The maximum Gasteiger partial charge on any atom is 0.328 e. The van der Waals surface area contributed by atoms with E-state index < -0.39 is 54.8 Å². The van der Waals surface area contributed by atoms with E-state index in [1.807, 2.05) is 0 Å². The van der Waals surface area contributed by atoms with Gasteiger partial charge >= 0.3 is 5.97 Å². The molecule has 140 valence electrons. The molecule has 0 aromatic carbocycles. The van der Waals surface area contributed by atoms with Crippen molar-refractivity contribution < 1.29 is 44.9 Å². The van der Waals surface area contributed by atoms with Crippen molar-refractivity contribution in [3.05, 3.63) is 36.0 Å². The number of rotatable bonds is 5. The summed E-state index contributed by atoms with van der Waals surface area (Å²) in [5, 5.41) is 58.9. The molecule has 0 saturated carbocycles. The third kappa shape index (κ3) is 3.82.